The van der Waals surface area contributed by atoms with E-state index in [1.165, 1.54) is 10.5 Å². The first-order valence-electron chi connectivity index (χ1n) is 9.09. The van der Waals surface area contributed by atoms with E-state index in [9.17, 15) is 8.42 Å². The van der Waals surface area contributed by atoms with Crippen LogP contribution in [0.5, 0.6) is 0 Å². The Morgan fingerprint density at radius 2 is 1.48 bits per heavy atom. The van der Waals surface area contributed by atoms with Crippen molar-refractivity contribution in [2.75, 3.05) is 62.3 Å². The molecule has 0 unspecified atom stereocenters. The average molecular weight is 389 g/mol. The Bertz CT molecular complexity index is 846. The summed E-state index contributed by atoms with van der Waals surface area (Å²) in [6.07, 6.45) is 3.27. The van der Waals surface area contributed by atoms with E-state index < -0.39 is 10.0 Å². The van der Waals surface area contributed by atoms with E-state index in [4.69, 9.17) is 4.74 Å². The Labute approximate surface area is 159 Å². The van der Waals surface area contributed by atoms with Gasteiger partial charge in [0.15, 0.2) is 0 Å². The van der Waals surface area contributed by atoms with Gasteiger partial charge in [-0.3, -0.25) is 0 Å². The van der Waals surface area contributed by atoms with Crippen LogP contribution in [0.4, 0.5) is 11.6 Å². The number of anilines is 2. The number of sulfonamides is 1. The van der Waals surface area contributed by atoms with Crippen molar-refractivity contribution in [3.63, 3.8) is 0 Å². The number of morpholine rings is 1. The van der Waals surface area contributed by atoms with Gasteiger partial charge < -0.3 is 14.5 Å². The largest absolute Gasteiger partial charge is 0.379 e. The van der Waals surface area contributed by atoms with E-state index in [0.717, 1.165) is 37.8 Å². The molecule has 27 heavy (non-hydrogen) atoms. The molecule has 2 fully saturated rings. The molecule has 2 aliphatic heterocycles. The zero-order chi connectivity index (χ0) is 18.7. The van der Waals surface area contributed by atoms with Gasteiger partial charge in [0.05, 0.1) is 13.2 Å². The highest BCUT2D eigenvalue weighted by Gasteiger charge is 2.27. The molecule has 0 saturated carbocycles. The SMILES string of the molecule is O=S(=O)(c1ccc(N2CCN(c3ccccn3)CC2)nc1)N1CCOCC1. The number of aromatic nitrogens is 2. The highest BCUT2D eigenvalue weighted by molar-refractivity contribution is 7.89. The van der Waals surface area contributed by atoms with E-state index in [1.54, 1.807) is 18.3 Å². The molecule has 0 atom stereocenters. The second-order valence-corrected chi connectivity index (χ2v) is 8.47. The molecular weight excluding hydrogens is 366 g/mol. The van der Waals surface area contributed by atoms with Crippen LogP contribution in [0.3, 0.4) is 0 Å². The number of hydrogen-bond donors (Lipinski definition) is 0. The fourth-order valence-corrected chi connectivity index (χ4v) is 4.71. The number of rotatable bonds is 4. The van der Waals surface area contributed by atoms with Crippen LogP contribution >= 0.6 is 0 Å². The van der Waals surface area contributed by atoms with Crippen LogP contribution in [0.1, 0.15) is 0 Å². The number of piperazine rings is 1. The van der Waals surface area contributed by atoms with Gasteiger partial charge in [-0.15, -0.1) is 0 Å². The topological polar surface area (TPSA) is 78.9 Å². The molecule has 8 nitrogen and oxygen atoms in total. The van der Waals surface area contributed by atoms with E-state index in [1.807, 2.05) is 18.2 Å². The third-order valence-corrected chi connectivity index (χ3v) is 6.79. The van der Waals surface area contributed by atoms with Gasteiger partial charge in [0.25, 0.3) is 0 Å². The van der Waals surface area contributed by atoms with Crippen molar-refractivity contribution in [1.29, 1.82) is 0 Å². The van der Waals surface area contributed by atoms with Crippen molar-refractivity contribution in [3.05, 3.63) is 42.7 Å². The quantitative estimate of drug-likeness (QED) is 0.766. The molecule has 0 aliphatic carbocycles. The van der Waals surface area contributed by atoms with Gasteiger partial charge in [0, 0.05) is 51.7 Å². The standard InChI is InChI=1S/C18H23N5O3S/c24-27(25,23-11-13-26-14-12-23)16-4-5-18(20-15-16)22-9-7-21(8-10-22)17-3-1-2-6-19-17/h1-6,15H,7-14H2. The summed E-state index contributed by atoms with van der Waals surface area (Å²) in [5, 5.41) is 0. The summed E-state index contributed by atoms with van der Waals surface area (Å²) in [4.78, 5) is 13.5. The predicted molar refractivity (Wildman–Crippen MR) is 102 cm³/mol. The first kappa shape index (κ1) is 18.1. The Kier molecular flexibility index (Phi) is 5.24. The Balaban J connectivity index is 1.41. The van der Waals surface area contributed by atoms with Crippen LogP contribution in [0.2, 0.25) is 0 Å². The monoisotopic (exact) mass is 389 g/mol. The van der Waals surface area contributed by atoms with Gasteiger partial charge in [-0.25, -0.2) is 18.4 Å². The third kappa shape index (κ3) is 3.90. The molecule has 144 valence electrons. The zero-order valence-electron chi connectivity index (χ0n) is 15.1. The minimum atomic E-state index is -3.50. The molecule has 0 radical (unpaired) electrons. The minimum Gasteiger partial charge on any atom is -0.379 e. The smallest absolute Gasteiger partial charge is 0.244 e. The maximum Gasteiger partial charge on any atom is 0.244 e. The first-order valence-corrected chi connectivity index (χ1v) is 10.5. The third-order valence-electron chi connectivity index (χ3n) is 4.91. The molecular formula is C18H23N5O3S. The van der Waals surface area contributed by atoms with Gasteiger partial charge in [-0.2, -0.15) is 4.31 Å². The lowest BCUT2D eigenvalue weighted by molar-refractivity contribution is 0.0730. The summed E-state index contributed by atoms with van der Waals surface area (Å²) < 4.78 is 32.0. The summed E-state index contributed by atoms with van der Waals surface area (Å²) in [6, 6.07) is 9.36. The van der Waals surface area contributed by atoms with E-state index >= 15 is 0 Å². The number of ether oxygens (including phenoxy) is 1. The molecule has 0 amide bonds. The van der Waals surface area contributed by atoms with Gasteiger partial charge >= 0.3 is 0 Å². The molecule has 0 aromatic carbocycles. The van der Waals surface area contributed by atoms with Crippen LogP contribution in [0.15, 0.2) is 47.6 Å². The van der Waals surface area contributed by atoms with Crippen molar-refractivity contribution in [2.45, 2.75) is 4.90 Å². The molecule has 4 heterocycles. The highest BCUT2D eigenvalue weighted by Crippen LogP contribution is 2.21. The summed E-state index contributed by atoms with van der Waals surface area (Å²) in [5.74, 6) is 1.79. The number of pyridine rings is 2. The number of hydrogen-bond acceptors (Lipinski definition) is 7. The normalized spacial score (nSPS) is 19.3. The summed E-state index contributed by atoms with van der Waals surface area (Å²) in [5.41, 5.74) is 0. The molecule has 4 rings (SSSR count). The Morgan fingerprint density at radius 1 is 0.815 bits per heavy atom. The molecule has 2 aliphatic rings. The molecule has 0 spiro atoms. The van der Waals surface area contributed by atoms with Gasteiger partial charge in [-0.1, -0.05) is 6.07 Å². The molecule has 9 heteroatoms. The molecule has 2 aromatic rings. The van der Waals surface area contributed by atoms with Crippen LogP contribution in [-0.2, 0) is 14.8 Å². The fraction of sp³-hybridized carbons (Fsp3) is 0.444. The lowest BCUT2D eigenvalue weighted by atomic mass is 10.3. The summed E-state index contributed by atoms with van der Waals surface area (Å²) in [6.45, 7) is 4.99. The first-order chi connectivity index (χ1) is 13.1. The van der Waals surface area contributed by atoms with Gasteiger partial charge in [-0.05, 0) is 24.3 Å². The molecule has 2 saturated heterocycles. The van der Waals surface area contributed by atoms with Gasteiger partial charge in [0.1, 0.15) is 16.5 Å². The van der Waals surface area contributed by atoms with E-state index in [-0.39, 0.29) is 4.90 Å². The average Bonchev–Trinajstić information content (AvgIpc) is 2.75. The van der Waals surface area contributed by atoms with Crippen molar-refractivity contribution >= 4 is 21.7 Å². The van der Waals surface area contributed by atoms with Crippen LogP contribution < -0.4 is 9.80 Å². The summed E-state index contributed by atoms with van der Waals surface area (Å²) in [7, 11) is -3.50. The lowest BCUT2D eigenvalue weighted by Gasteiger charge is -2.36. The number of nitrogens with zero attached hydrogens (tertiary/aromatic N) is 5. The second kappa shape index (κ2) is 7.79. The van der Waals surface area contributed by atoms with Crippen LogP contribution in [0.25, 0.3) is 0 Å². The predicted octanol–water partition coefficient (Wildman–Crippen LogP) is 0.824. The highest BCUT2D eigenvalue weighted by atomic mass is 32.2. The van der Waals surface area contributed by atoms with Crippen molar-refractivity contribution < 1.29 is 13.2 Å². The van der Waals surface area contributed by atoms with Crippen LogP contribution in [-0.4, -0.2) is 75.2 Å². The molecule has 2 aromatic heterocycles. The van der Waals surface area contributed by atoms with Gasteiger partial charge in [0.2, 0.25) is 10.0 Å². The van der Waals surface area contributed by atoms with Crippen LogP contribution in [0, 0.1) is 0 Å². The Morgan fingerprint density at radius 3 is 2.04 bits per heavy atom. The zero-order valence-corrected chi connectivity index (χ0v) is 15.9. The maximum atomic E-state index is 12.7. The molecule has 0 N–H and O–H groups in total. The lowest BCUT2D eigenvalue weighted by Crippen LogP contribution is -2.47. The second-order valence-electron chi connectivity index (χ2n) is 6.53. The fourth-order valence-electron chi connectivity index (χ4n) is 3.35. The van der Waals surface area contributed by atoms with Crippen molar-refractivity contribution in [3.8, 4) is 0 Å². The summed E-state index contributed by atoms with van der Waals surface area (Å²) >= 11 is 0. The molecule has 0 bridgehead atoms. The van der Waals surface area contributed by atoms with Crippen molar-refractivity contribution in [2.24, 2.45) is 0 Å². The minimum absolute atomic E-state index is 0.236. The van der Waals surface area contributed by atoms with Crippen molar-refractivity contribution in [1.82, 2.24) is 14.3 Å². The van der Waals surface area contributed by atoms with E-state index in [0.29, 0.717) is 26.3 Å². The maximum absolute atomic E-state index is 12.7. The van der Waals surface area contributed by atoms with E-state index in [2.05, 4.69) is 19.8 Å². The Hall–Kier alpha value is -2.23.